The van der Waals surface area contributed by atoms with E-state index in [0.717, 1.165) is 42.9 Å². The van der Waals surface area contributed by atoms with Gasteiger partial charge in [0.2, 0.25) is 0 Å². The molecule has 5 rings (SSSR count). The van der Waals surface area contributed by atoms with Gasteiger partial charge in [0.1, 0.15) is 0 Å². The minimum atomic E-state index is -0.426. The lowest BCUT2D eigenvalue weighted by atomic mass is 9.98. The molecule has 0 saturated heterocycles. The Balaban J connectivity index is 1.25. The van der Waals surface area contributed by atoms with Crippen molar-refractivity contribution in [1.82, 2.24) is 15.0 Å². The van der Waals surface area contributed by atoms with Crippen molar-refractivity contribution in [2.75, 3.05) is 0 Å². The van der Waals surface area contributed by atoms with Crippen LogP contribution in [0.4, 0.5) is 0 Å². The van der Waals surface area contributed by atoms with E-state index in [1.165, 1.54) is 0 Å². The highest BCUT2D eigenvalue weighted by Crippen LogP contribution is 2.29. The lowest BCUT2D eigenvalue weighted by Crippen LogP contribution is -2.31. The quantitative estimate of drug-likeness (QED) is 0.468. The van der Waals surface area contributed by atoms with Crippen LogP contribution in [0.2, 0.25) is 0 Å². The molecule has 170 valence electrons. The summed E-state index contributed by atoms with van der Waals surface area (Å²) in [6.07, 6.45) is 0.865. The zero-order valence-corrected chi connectivity index (χ0v) is 21.0. The van der Waals surface area contributed by atoms with Crippen molar-refractivity contribution in [3.63, 3.8) is 0 Å². The topological polar surface area (TPSA) is 99.9 Å². The third-order valence-corrected chi connectivity index (χ3v) is 6.88. The zero-order chi connectivity index (χ0) is 22.9. The van der Waals surface area contributed by atoms with E-state index in [0.29, 0.717) is 19.4 Å². The van der Waals surface area contributed by atoms with Crippen LogP contribution in [0.1, 0.15) is 41.4 Å². The van der Waals surface area contributed by atoms with E-state index in [1.54, 1.807) is 0 Å². The van der Waals surface area contributed by atoms with E-state index >= 15 is 0 Å². The third kappa shape index (κ3) is 4.73. The predicted octanol–water partition coefficient (Wildman–Crippen LogP) is 4.50. The number of rotatable bonds is 6. The molecule has 3 heterocycles. The first kappa shape index (κ1) is 22.2. The molecule has 0 spiro atoms. The van der Waals surface area contributed by atoms with Crippen LogP contribution in [0.3, 0.4) is 0 Å². The molecule has 0 fully saturated rings. The SMILES string of the molecule is Cc1nnn(CC2CC(c3ccc(Br)cc3)=NO2)c1C(N)C1CC(c2ccc(Br)cc2)=NO1. The van der Waals surface area contributed by atoms with Gasteiger partial charge in [-0.05, 0) is 42.3 Å². The Morgan fingerprint density at radius 2 is 1.52 bits per heavy atom. The van der Waals surface area contributed by atoms with Gasteiger partial charge in [0.15, 0.2) is 12.2 Å². The maximum atomic E-state index is 6.64. The lowest BCUT2D eigenvalue weighted by molar-refractivity contribution is 0.0558. The van der Waals surface area contributed by atoms with E-state index in [1.807, 2.05) is 60.1 Å². The highest BCUT2D eigenvalue weighted by atomic mass is 79.9. The van der Waals surface area contributed by atoms with Gasteiger partial charge in [-0.15, -0.1) is 5.10 Å². The van der Waals surface area contributed by atoms with Crippen molar-refractivity contribution < 1.29 is 9.68 Å². The number of hydrogen-bond donors (Lipinski definition) is 1. The monoisotopic (exact) mass is 572 g/mol. The molecule has 10 heteroatoms. The Bertz CT molecular complexity index is 1210. The van der Waals surface area contributed by atoms with Crippen LogP contribution in [0, 0.1) is 6.92 Å². The van der Waals surface area contributed by atoms with E-state index in [2.05, 4.69) is 52.5 Å². The normalized spacial score (nSPS) is 20.7. The molecule has 0 saturated carbocycles. The van der Waals surface area contributed by atoms with Crippen LogP contribution >= 0.6 is 31.9 Å². The third-order valence-electron chi connectivity index (χ3n) is 5.83. The van der Waals surface area contributed by atoms with Gasteiger partial charge in [-0.3, -0.25) is 0 Å². The number of benzene rings is 2. The van der Waals surface area contributed by atoms with Crippen molar-refractivity contribution >= 4 is 43.3 Å². The van der Waals surface area contributed by atoms with Crippen molar-refractivity contribution in [1.29, 1.82) is 0 Å². The maximum Gasteiger partial charge on any atom is 0.153 e. The molecule has 0 amide bonds. The number of oxime groups is 2. The van der Waals surface area contributed by atoms with Crippen LogP contribution in [0.5, 0.6) is 0 Å². The second-order valence-corrected chi connectivity index (χ2v) is 9.97. The van der Waals surface area contributed by atoms with E-state index < -0.39 is 6.04 Å². The first-order valence-corrected chi connectivity index (χ1v) is 12.2. The summed E-state index contributed by atoms with van der Waals surface area (Å²) < 4.78 is 3.86. The van der Waals surface area contributed by atoms with E-state index in [4.69, 9.17) is 15.4 Å². The average molecular weight is 574 g/mol. The molecule has 2 aliphatic heterocycles. The summed E-state index contributed by atoms with van der Waals surface area (Å²) in [7, 11) is 0. The lowest BCUT2D eigenvalue weighted by Gasteiger charge is -2.20. The predicted molar refractivity (Wildman–Crippen MR) is 132 cm³/mol. The summed E-state index contributed by atoms with van der Waals surface area (Å²) in [5, 5.41) is 17.1. The van der Waals surface area contributed by atoms with Gasteiger partial charge in [0, 0.05) is 21.8 Å². The van der Waals surface area contributed by atoms with Gasteiger partial charge in [0.25, 0.3) is 0 Å². The van der Waals surface area contributed by atoms with E-state index in [9.17, 15) is 0 Å². The number of aromatic nitrogens is 3. The molecule has 3 aromatic rings. The fourth-order valence-corrected chi connectivity index (χ4v) is 4.59. The molecule has 0 radical (unpaired) electrons. The highest BCUT2D eigenvalue weighted by molar-refractivity contribution is 9.10. The van der Waals surface area contributed by atoms with Gasteiger partial charge >= 0.3 is 0 Å². The molecule has 8 nitrogen and oxygen atoms in total. The van der Waals surface area contributed by atoms with Crippen molar-refractivity contribution in [2.24, 2.45) is 16.0 Å². The van der Waals surface area contributed by atoms with Crippen molar-refractivity contribution in [3.05, 3.63) is 80.0 Å². The second kappa shape index (κ2) is 9.36. The molecule has 1 aromatic heterocycles. The fraction of sp³-hybridized carbons (Fsp3) is 0.304. The first-order valence-electron chi connectivity index (χ1n) is 10.6. The molecule has 2 N–H and O–H groups in total. The Morgan fingerprint density at radius 3 is 2.15 bits per heavy atom. The molecular formula is C23H22Br2N6O2. The smallest absolute Gasteiger partial charge is 0.153 e. The van der Waals surface area contributed by atoms with E-state index in [-0.39, 0.29) is 12.2 Å². The summed E-state index contributed by atoms with van der Waals surface area (Å²) in [6, 6.07) is 15.6. The molecule has 3 unspecified atom stereocenters. The number of nitrogens with two attached hydrogens (primary N) is 1. The van der Waals surface area contributed by atoms with Gasteiger partial charge in [-0.1, -0.05) is 71.7 Å². The fourth-order valence-electron chi connectivity index (χ4n) is 4.07. The van der Waals surface area contributed by atoms with Crippen LogP contribution in [0.25, 0.3) is 0 Å². The summed E-state index contributed by atoms with van der Waals surface area (Å²) in [5.41, 5.74) is 12.1. The Hall–Kier alpha value is -2.56. The largest absolute Gasteiger partial charge is 0.390 e. The van der Waals surface area contributed by atoms with Crippen molar-refractivity contribution in [3.8, 4) is 0 Å². The van der Waals surface area contributed by atoms with Crippen molar-refractivity contribution in [2.45, 2.75) is 44.6 Å². The minimum Gasteiger partial charge on any atom is -0.390 e. The van der Waals surface area contributed by atoms with Crippen LogP contribution in [-0.2, 0) is 16.2 Å². The summed E-state index contributed by atoms with van der Waals surface area (Å²) in [6.45, 7) is 2.41. The molecule has 3 atom stereocenters. The summed E-state index contributed by atoms with van der Waals surface area (Å²) in [5.74, 6) is 0. The summed E-state index contributed by atoms with van der Waals surface area (Å²) >= 11 is 6.92. The van der Waals surface area contributed by atoms with Gasteiger partial charge in [-0.25, -0.2) is 4.68 Å². The Morgan fingerprint density at radius 1 is 0.939 bits per heavy atom. The Kier molecular flexibility index (Phi) is 6.31. The molecule has 33 heavy (non-hydrogen) atoms. The molecule has 0 aliphatic carbocycles. The molecular weight excluding hydrogens is 552 g/mol. The number of nitrogens with zero attached hydrogens (tertiary/aromatic N) is 5. The maximum absolute atomic E-state index is 6.64. The first-order chi connectivity index (χ1) is 16.0. The Labute approximate surface area is 208 Å². The van der Waals surface area contributed by atoms with Crippen LogP contribution in [-0.4, -0.2) is 38.6 Å². The standard InChI is InChI=1S/C23H22Br2N6O2/c1-13-23(22(26)21-11-20(29-33-21)15-4-8-17(25)9-5-15)31(30-27-13)12-18-10-19(28-32-18)14-2-6-16(24)7-3-14/h2-9,18,21-22H,10-12,26H2,1H3. The number of halogens is 2. The molecule has 2 aromatic carbocycles. The molecule has 2 aliphatic rings. The summed E-state index contributed by atoms with van der Waals surface area (Å²) in [4.78, 5) is 11.4. The molecule has 0 bridgehead atoms. The highest BCUT2D eigenvalue weighted by Gasteiger charge is 2.34. The van der Waals surface area contributed by atoms with Gasteiger partial charge < -0.3 is 15.4 Å². The van der Waals surface area contributed by atoms with Gasteiger partial charge in [-0.2, -0.15) is 0 Å². The van der Waals surface area contributed by atoms with Crippen LogP contribution < -0.4 is 5.73 Å². The average Bonchev–Trinajstić information content (AvgIpc) is 3.55. The number of aryl methyl sites for hydroxylation is 1. The van der Waals surface area contributed by atoms with Gasteiger partial charge in [0.05, 0.1) is 35.4 Å². The zero-order valence-electron chi connectivity index (χ0n) is 17.9. The van der Waals surface area contributed by atoms with Crippen LogP contribution in [0.15, 0.2) is 67.8 Å². The minimum absolute atomic E-state index is 0.144. The number of hydrogen-bond acceptors (Lipinski definition) is 7. The second-order valence-electron chi connectivity index (χ2n) is 8.14.